The number of carbonyl (C=O) groups excluding carboxylic acids is 2. The van der Waals surface area contributed by atoms with Gasteiger partial charge in [-0.2, -0.15) is 0 Å². The van der Waals surface area contributed by atoms with Crippen LogP contribution in [0, 0.1) is 28.6 Å². The Morgan fingerprint density at radius 3 is 2.63 bits per heavy atom. The molecular formula is C26H32F2O6S. The van der Waals surface area contributed by atoms with Crippen LogP contribution in [0.3, 0.4) is 0 Å². The number of ether oxygens (including phenoxy) is 2. The number of esters is 1. The summed E-state index contributed by atoms with van der Waals surface area (Å²) in [6.07, 6.45) is 0.982. The third-order valence-electron chi connectivity index (χ3n) is 9.94. The summed E-state index contributed by atoms with van der Waals surface area (Å²) in [5.74, 6) is -3.04. The van der Waals surface area contributed by atoms with Crippen LogP contribution in [0.5, 0.6) is 0 Å². The molecule has 3 saturated carbocycles. The molecule has 1 heterocycles. The number of hydrogen-bond donors (Lipinski definition) is 2. The van der Waals surface area contributed by atoms with E-state index in [1.165, 1.54) is 19.1 Å². The topological polar surface area (TPSA) is 93.1 Å². The van der Waals surface area contributed by atoms with Crippen LogP contribution >= 0.6 is 12.2 Å². The second kappa shape index (κ2) is 7.89. The number of alkyl halides is 2. The van der Waals surface area contributed by atoms with Crippen LogP contribution in [-0.4, -0.2) is 63.3 Å². The average Bonchev–Trinajstić information content (AvgIpc) is 3.39. The summed E-state index contributed by atoms with van der Waals surface area (Å²) in [6.45, 7) is 5.49. The molecule has 9 heteroatoms. The van der Waals surface area contributed by atoms with E-state index in [0.29, 0.717) is 25.9 Å². The van der Waals surface area contributed by atoms with Crippen LogP contribution in [0.2, 0.25) is 0 Å². The fourth-order valence-electron chi connectivity index (χ4n) is 8.23. The average molecular weight is 511 g/mol. The first-order valence-corrected chi connectivity index (χ1v) is 12.8. The number of fused-ring (bicyclic) bond motifs is 5. The van der Waals surface area contributed by atoms with E-state index in [4.69, 9.17) is 21.7 Å². The van der Waals surface area contributed by atoms with Crippen molar-refractivity contribution in [2.24, 2.45) is 28.6 Å². The van der Waals surface area contributed by atoms with Crippen molar-refractivity contribution in [2.75, 3.05) is 6.61 Å². The van der Waals surface area contributed by atoms with Crippen molar-refractivity contribution in [3.05, 3.63) is 23.8 Å². The first-order chi connectivity index (χ1) is 16.3. The number of aliphatic hydroxyl groups excluding tert-OH is 2. The molecule has 6 nitrogen and oxygen atoms in total. The molecule has 0 spiro atoms. The SMILES string of the molecule is C[C@@H]1C[C@H]2[C@@H]3C[C@H](F)C4=CC(=O)C=C[C@]4(C)[C@@]3(F)[C@@H](O)C[C@]2(C)[C@@]1(OC(=O)[C@H]1CCCO1)C(O)=S. The second-order valence-corrected chi connectivity index (χ2v) is 11.8. The van der Waals surface area contributed by atoms with Crippen molar-refractivity contribution >= 4 is 29.0 Å². The van der Waals surface area contributed by atoms with Crippen LogP contribution in [0.4, 0.5) is 8.78 Å². The van der Waals surface area contributed by atoms with E-state index in [1.54, 1.807) is 13.8 Å². The minimum absolute atomic E-state index is 0.0474. The standard InChI is InChI=1S/C26H32F2O6S/c1-13-9-15-16-11-18(27)17-10-14(29)6-7-23(17,2)25(16,28)20(30)12-24(15,3)26(13,22(32)35)34-21(31)19-5-4-8-33-19/h6-7,10,13,15-16,18-20,30H,4-5,8-9,11-12H2,1-3H3,(H,32,35)/t13-,15+,16+,18+,19-,20+,23+,24+,25+,26+/m1/s1. The minimum Gasteiger partial charge on any atom is -0.499 e. The molecule has 0 aromatic carbocycles. The molecule has 5 aliphatic rings. The number of thiocarbonyl (C=S) groups is 1. The van der Waals surface area contributed by atoms with Crippen molar-refractivity contribution < 1.29 is 38.1 Å². The Balaban J connectivity index is 1.60. The molecule has 0 aromatic rings. The van der Waals surface area contributed by atoms with E-state index in [1.807, 2.05) is 0 Å². The van der Waals surface area contributed by atoms with E-state index >= 15 is 8.78 Å². The molecule has 0 radical (unpaired) electrons. The minimum atomic E-state index is -2.26. The second-order valence-electron chi connectivity index (χ2n) is 11.5. The van der Waals surface area contributed by atoms with Gasteiger partial charge in [-0.1, -0.05) is 19.9 Å². The summed E-state index contributed by atoms with van der Waals surface area (Å²) in [6, 6.07) is 0. The Labute approximate surface area is 208 Å². The zero-order chi connectivity index (χ0) is 25.6. The van der Waals surface area contributed by atoms with E-state index in [9.17, 15) is 19.8 Å². The number of ketones is 1. The molecule has 0 unspecified atom stereocenters. The maximum Gasteiger partial charge on any atom is 0.336 e. The molecular weight excluding hydrogens is 478 g/mol. The molecule has 10 atom stereocenters. The van der Waals surface area contributed by atoms with Gasteiger partial charge in [0.1, 0.15) is 6.17 Å². The van der Waals surface area contributed by atoms with Crippen molar-refractivity contribution in [2.45, 2.75) is 82.5 Å². The van der Waals surface area contributed by atoms with Gasteiger partial charge in [0.25, 0.3) is 0 Å². The molecule has 0 amide bonds. The summed E-state index contributed by atoms with van der Waals surface area (Å²) < 4.78 is 44.3. The van der Waals surface area contributed by atoms with Gasteiger partial charge in [-0.05, 0) is 74.9 Å². The Morgan fingerprint density at radius 2 is 2.00 bits per heavy atom. The molecule has 1 saturated heterocycles. The van der Waals surface area contributed by atoms with Gasteiger partial charge in [-0.15, -0.1) is 0 Å². The zero-order valence-electron chi connectivity index (χ0n) is 20.1. The molecule has 2 N–H and O–H groups in total. The Hall–Kier alpha value is -1.71. The monoisotopic (exact) mass is 510 g/mol. The fourth-order valence-corrected chi connectivity index (χ4v) is 8.70. The van der Waals surface area contributed by atoms with E-state index in [0.717, 1.165) is 6.08 Å². The van der Waals surface area contributed by atoms with Gasteiger partial charge in [0, 0.05) is 29.3 Å². The van der Waals surface area contributed by atoms with E-state index < -0.39 is 75.0 Å². The smallest absolute Gasteiger partial charge is 0.336 e. The number of rotatable bonds is 3. The number of aliphatic hydroxyl groups is 2. The molecule has 0 bridgehead atoms. The Morgan fingerprint density at radius 1 is 1.29 bits per heavy atom. The molecule has 35 heavy (non-hydrogen) atoms. The van der Waals surface area contributed by atoms with Gasteiger partial charge in [0.15, 0.2) is 23.2 Å². The molecule has 1 aliphatic heterocycles. The highest BCUT2D eigenvalue weighted by atomic mass is 32.1. The molecule has 5 rings (SSSR count). The van der Waals surface area contributed by atoms with Gasteiger partial charge < -0.3 is 19.7 Å². The summed E-state index contributed by atoms with van der Waals surface area (Å²) in [5, 5.41) is 21.8. The predicted molar refractivity (Wildman–Crippen MR) is 126 cm³/mol. The highest BCUT2D eigenvalue weighted by Gasteiger charge is 2.77. The number of carbonyl (C=O) groups is 2. The quantitative estimate of drug-likeness (QED) is 0.439. The summed E-state index contributed by atoms with van der Waals surface area (Å²) in [5.41, 5.74) is -6.51. The third-order valence-corrected chi connectivity index (χ3v) is 10.2. The lowest BCUT2D eigenvalue weighted by Gasteiger charge is -2.63. The number of allylic oxidation sites excluding steroid dienone is 4. The van der Waals surface area contributed by atoms with Gasteiger partial charge in [-0.3, -0.25) is 4.79 Å². The summed E-state index contributed by atoms with van der Waals surface area (Å²) >= 11 is 5.27. The van der Waals surface area contributed by atoms with Crippen molar-refractivity contribution in [3.63, 3.8) is 0 Å². The first kappa shape index (κ1) is 25.0. The van der Waals surface area contributed by atoms with E-state index in [2.05, 4.69) is 0 Å². The molecule has 0 aromatic heterocycles. The maximum atomic E-state index is 17.3. The van der Waals surface area contributed by atoms with Crippen molar-refractivity contribution in [3.8, 4) is 0 Å². The largest absolute Gasteiger partial charge is 0.499 e. The van der Waals surface area contributed by atoms with Crippen LogP contribution in [0.15, 0.2) is 23.8 Å². The molecule has 4 aliphatic carbocycles. The van der Waals surface area contributed by atoms with Crippen LogP contribution in [-0.2, 0) is 19.1 Å². The highest BCUT2D eigenvalue weighted by Crippen LogP contribution is 2.71. The maximum absolute atomic E-state index is 17.3. The zero-order valence-corrected chi connectivity index (χ0v) is 20.9. The van der Waals surface area contributed by atoms with Crippen LogP contribution in [0.1, 0.15) is 52.9 Å². The highest BCUT2D eigenvalue weighted by molar-refractivity contribution is 7.80. The van der Waals surface area contributed by atoms with Gasteiger partial charge in [0.2, 0.25) is 5.05 Å². The first-order valence-electron chi connectivity index (χ1n) is 12.4. The third kappa shape index (κ3) is 3.01. The van der Waals surface area contributed by atoms with Crippen LogP contribution in [0.25, 0.3) is 0 Å². The summed E-state index contributed by atoms with van der Waals surface area (Å²) in [4.78, 5) is 25.0. The number of hydrogen-bond acceptors (Lipinski definition) is 6. The van der Waals surface area contributed by atoms with Crippen molar-refractivity contribution in [1.82, 2.24) is 0 Å². The van der Waals surface area contributed by atoms with Gasteiger partial charge in [-0.25, -0.2) is 13.6 Å². The Kier molecular flexibility index (Phi) is 5.63. The van der Waals surface area contributed by atoms with Crippen LogP contribution < -0.4 is 0 Å². The lowest BCUT2D eigenvalue weighted by molar-refractivity contribution is -0.224. The number of halogens is 2. The predicted octanol–water partition coefficient (Wildman–Crippen LogP) is 3.90. The van der Waals surface area contributed by atoms with Crippen molar-refractivity contribution in [1.29, 1.82) is 0 Å². The van der Waals surface area contributed by atoms with E-state index in [-0.39, 0.29) is 18.4 Å². The van der Waals surface area contributed by atoms with Gasteiger partial charge >= 0.3 is 5.97 Å². The molecule has 4 fully saturated rings. The summed E-state index contributed by atoms with van der Waals surface area (Å²) in [7, 11) is 0. The Bertz CT molecular complexity index is 1040. The van der Waals surface area contributed by atoms with Gasteiger partial charge in [0.05, 0.1) is 6.10 Å². The lowest BCUT2D eigenvalue weighted by Crippen LogP contribution is -2.71. The molecule has 192 valence electrons. The fraction of sp³-hybridized carbons (Fsp3) is 0.731. The lowest BCUT2D eigenvalue weighted by atomic mass is 9.44. The normalized spacial score (nSPS) is 50.7.